The molecule has 0 unspecified atom stereocenters. The van der Waals surface area contributed by atoms with E-state index in [0.29, 0.717) is 17.2 Å². The summed E-state index contributed by atoms with van der Waals surface area (Å²) < 4.78 is 41.6. The lowest BCUT2D eigenvalue weighted by Crippen LogP contribution is -2.34. The number of esters is 1. The molecule has 8 heteroatoms. The van der Waals surface area contributed by atoms with Crippen molar-refractivity contribution in [3.63, 3.8) is 0 Å². The Hall–Kier alpha value is -1.31. The van der Waals surface area contributed by atoms with Crippen LogP contribution in [-0.4, -0.2) is 37.3 Å². The molecule has 0 aliphatic heterocycles. The van der Waals surface area contributed by atoms with Gasteiger partial charge in [-0.2, -0.15) is 13.2 Å². The normalized spacial score (nSPS) is 11.4. The Balaban J connectivity index is 2.63. The van der Waals surface area contributed by atoms with E-state index < -0.39 is 12.7 Å². The van der Waals surface area contributed by atoms with Gasteiger partial charge in [0.25, 0.3) is 0 Å². The second-order valence-corrected chi connectivity index (χ2v) is 4.66. The third-order valence-electron chi connectivity index (χ3n) is 2.37. The second kappa shape index (κ2) is 6.74. The summed E-state index contributed by atoms with van der Waals surface area (Å²) in [5.74, 6) is -0.364. The van der Waals surface area contributed by atoms with Crippen LogP contribution in [0, 0.1) is 0 Å². The van der Waals surface area contributed by atoms with Gasteiger partial charge in [0.1, 0.15) is 6.54 Å². The van der Waals surface area contributed by atoms with Crippen molar-refractivity contribution in [2.45, 2.75) is 25.9 Å². The van der Waals surface area contributed by atoms with E-state index in [0.717, 1.165) is 16.2 Å². The Kier molecular flexibility index (Phi) is 5.59. The first-order valence-corrected chi connectivity index (χ1v) is 6.56. The first kappa shape index (κ1) is 15.7. The molecule has 0 bridgehead atoms. The molecule has 0 N–H and O–H groups in total. The summed E-state index contributed by atoms with van der Waals surface area (Å²) in [6, 6.07) is 0. The van der Waals surface area contributed by atoms with Gasteiger partial charge in [-0.15, -0.1) is 11.3 Å². The highest BCUT2D eigenvalue weighted by Gasteiger charge is 2.31. The first-order chi connectivity index (χ1) is 8.85. The van der Waals surface area contributed by atoms with Crippen molar-refractivity contribution in [1.29, 1.82) is 0 Å². The van der Waals surface area contributed by atoms with Gasteiger partial charge in [-0.1, -0.05) is 0 Å². The summed E-state index contributed by atoms with van der Waals surface area (Å²) in [6.45, 7) is 0.845. The van der Waals surface area contributed by atoms with E-state index >= 15 is 0 Å². The van der Waals surface area contributed by atoms with E-state index in [2.05, 4.69) is 9.72 Å². The number of carbonyl (C=O) groups excluding carboxylic acids is 1. The minimum atomic E-state index is -4.26. The second-order valence-electron chi connectivity index (χ2n) is 3.83. The maximum absolute atomic E-state index is 12.4. The van der Waals surface area contributed by atoms with Gasteiger partial charge in [-0.25, -0.2) is 4.98 Å². The number of nitrogens with zero attached hydrogens (tertiary/aromatic N) is 2. The third-order valence-corrected chi connectivity index (χ3v) is 3.33. The number of halogens is 3. The maximum atomic E-state index is 12.4. The van der Waals surface area contributed by atoms with Crippen LogP contribution in [0.15, 0.2) is 5.38 Å². The number of carbonyl (C=O) groups is 1. The number of rotatable bonds is 6. The Morgan fingerprint density at radius 1 is 1.53 bits per heavy atom. The van der Waals surface area contributed by atoms with Crippen molar-refractivity contribution >= 4 is 22.4 Å². The molecule has 19 heavy (non-hydrogen) atoms. The van der Waals surface area contributed by atoms with Crippen LogP contribution in [0.25, 0.3) is 0 Å². The molecule has 0 saturated carbocycles. The van der Waals surface area contributed by atoms with Gasteiger partial charge in [0.05, 0.1) is 19.2 Å². The van der Waals surface area contributed by atoms with Gasteiger partial charge < -0.3 is 9.64 Å². The van der Waals surface area contributed by atoms with Crippen LogP contribution in [0.5, 0.6) is 0 Å². The zero-order chi connectivity index (χ0) is 14.5. The molecular formula is C11H15F3N2O2S. The van der Waals surface area contributed by atoms with E-state index in [4.69, 9.17) is 0 Å². The van der Waals surface area contributed by atoms with Crippen LogP contribution < -0.4 is 4.90 Å². The van der Waals surface area contributed by atoms with Crippen LogP contribution >= 0.6 is 11.3 Å². The molecule has 1 aromatic rings. The van der Waals surface area contributed by atoms with Crippen LogP contribution in [0.3, 0.4) is 0 Å². The molecule has 0 spiro atoms. The van der Waals surface area contributed by atoms with E-state index in [9.17, 15) is 18.0 Å². The molecule has 0 aliphatic carbocycles. The van der Waals surface area contributed by atoms with Crippen molar-refractivity contribution < 1.29 is 22.7 Å². The summed E-state index contributed by atoms with van der Waals surface area (Å²) in [4.78, 5) is 16.2. The van der Waals surface area contributed by atoms with Gasteiger partial charge in [0.2, 0.25) is 0 Å². The summed E-state index contributed by atoms with van der Waals surface area (Å²) in [5.41, 5.74) is 0.603. The molecule has 1 rings (SSSR count). The molecule has 0 amide bonds. The summed E-state index contributed by atoms with van der Waals surface area (Å²) >= 11 is 1.14. The number of ether oxygens (including phenoxy) is 1. The highest BCUT2D eigenvalue weighted by molar-refractivity contribution is 7.13. The lowest BCUT2D eigenvalue weighted by atomic mass is 10.2. The van der Waals surface area contributed by atoms with E-state index in [1.54, 1.807) is 12.3 Å². The lowest BCUT2D eigenvalue weighted by molar-refractivity contribution is -0.140. The van der Waals surface area contributed by atoms with Crippen molar-refractivity contribution in [2.24, 2.45) is 0 Å². The van der Waals surface area contributed by atoms with Crippen molar-refractivity contribution in [1.82, 2.24) is 4.98 Å². The number of aromatic nitrogens is 1. The fraction of sp³-hybridized carbons (Fsp3) is 0.636. The lowest BCUT2D eigenvalue weighted by Gasteiger charge is -2.21. The van der Waals surface area contributed by atoms with Gasteiger partial charge in [-0.3, -0.25) is 4.79 Å². The fourth-order valence-corrected chi connectivity index (χ4v) is 2.34. The quantitative estimate of drug-likeness (QED) is 0.757. The minimum absolute atomic E-state index is 0.172. The predicted molar refractivity (Wildman–Crippen MR) is 66.4 cm³/mol. The summed E-state index contributed by atoms with van der Waals surface area (Å²) in [5, 5.41) is 1.98. The predicted octanol–water partition coefficient (Wildman–Crippen LogP) is 2.64. The monoisotopic (exact) mass is 296 g/mol. The van der Waals surface area contributed by atoms with E-state index in [-0.39, 0.29) is 18.9 Å². The fourth-order valence-electron chi connectivity index (χ4n) is 1.42. The minimum Gasteiger partial charge on any atom is -0.469 e. The van der Waals surface area contributed by atoms with Gasteiger partial charge in [-0.05, 0) is 6.92 Å². The Morgan fingerprint density at radius 3 is 2.74 bits per heavy atom. The van der Waals surface area contributed by atoms with Gasteiger partial charge >= 0.3 is 12.1 Å². The number of aryl methyl sites for hydroxylation is 1. The van der Waals surface area contributed by atoms with Crippen LogP contribution in [-0.2, 0) is 16.0 Å². The topological polar surface area (TPSA) is 42.4 Å². The average Bonchev–Trinajstić information content (AvgIpc) is 2.80. The highest BCUT2D eigenvalue weighted by atomic mass is 32.1. The molecule has 0 aliphatic rings. The highest BCUT2D eigenvalue weighted by Crippen LogP contribution is 2.25. The van der Waals surface area contributed by atoms with Crippen molar-refractivity contribution in [2.75, 3.05) is 25.1 Å². The molecular weight excluding hydrogens is 281 g/mol. The number of anilines is 1. The molecule has 1 aromatic heterocycles. The molecule has 0 radical (unpaired) electrons. The van der Waals surface area contributed by atoms with Crippen molar-refractivity contribution in [3.05, 3.63) is 11.1 Å². The maximum Gasteiger partial charge on any atom is 0.406 e. The average molecular weight is 296 g/mol. The third kappa shape index (κ3) is 5.46. The molecule has 0 fully saturated rings. The van der Waals surface area contributed by atoms with Gasteiger partial charge in [0.15, 0.2) is 5.13 Å². The molecule has 0 saturated heterocycles. The van der Waals surface area contributed by atoms with E-state index in [1.807, 2.05) is 0 Å². The molecule has 4 nitrogen and oxygen atoms in total. The Morgan fingerprint density at radius 2 is 2.21 bits per heavy atom. The number of methoxy groups -OCH3 is 1. The SMILES string of the molecule is CCN(CC(F)(F)F)c1nc(CCC(=O)OC)cs1. The van der Waals surface area contributed by atoms with Crippen LogP contribution in [0.1, 0.15) is 19.0 Å². The molecule has 0 aromatic carbocycles. The standard InChI is InChI=1S/C11H15F3N2O2S/c1-3-16(7-11(12,13)14)10-15-8(6-19-10)4-5-9(17)18-2/h6H,3-5,7H2,1-2H3. The molecule has 0 atom stereocenters. The summed E-state index contributed by atoms with van der Waals surface area (Å²) in [7, 11) is 1.29. The zero-order valence-electron chi connectivity index (χ0n) is 10.7. The number of hydrogen-bond acceptors (Lipinski definition) is 5. The Labute approximate surface area is 113 Å². The first-order valence-electron chi connectivity index (χ1n) is 5.68. The largest absolute Gasteiger partial charge is 0.469 e. The molecule has 108 valence electrons. The van der Waals surface area contributed by atoms with Crippen LogP contribution in [0.2, 0.25) is 0 Å². The summed E-state index contributed by atoms with van der Waals surface area (Å²) in [6.07, 6.45) is -3.72. The van der Waals surface area contributed by atoms with Crippen LogP contribution in [0.4, 0.5) is 18.3 Å². The van der Waals surface area contributed by atoms with E-state index in [1.165, 1.54) is 7.11 Å². The number of thiazole rings is 1. The number of hydrogen-bond donors (Lipinski definition) is 0. The van der Waals surface area contributed by atoms with Gasteiger partial charge in [0, 0.05) is 18.3 Å². The smallest absolute Gasteiger partial charge is 0.406 e. The Bertz CT molecular complexity index is 420. The zero-order valence-corrected chi connectivity index (χ0v) is 11.5. The number of alkyl halides is 3. The molecule has 1 heterocycles. The van der Waals surface area contributed by atoms with Crippen molar-refractivity contribution in [3.8, 4) is 0 Å².